The molecule has 2 N–H and O–H groups in total. The van der Waals surface area contributed by atoms with E-state index in [2.05, 4.69) is 9.71 Å². The van der Waals surface area contributed by atoms with Crippen molar-refractivity contribution in [2.45, 2.75) is 24.7 Å². The van der Waals surface area contributed by atoms with Crippen LogP contribution in [0.3, 0.4) is 0 Å². The monoisotopic (exact) mass is 397 g/mol. The Kier molecular flexibility index (Phi) is 4.43. The van der Waals surface area contributed by atoms with Crippen molar-refractivity contribution >= 4 is 38.2 Å². The van der Waals surface area contributed by atoms with E-state index in [-0.39, 0.29) is 16.4 Å². The lowest BCUT2D eigenvalue weighted by molar-refractivity contribution is -0.117. The molecule has 0 spiro atoms. The first kappa shape index (κ1) is 18.2. The molecule has 1 amide bonds. The van der Waals surface area contributed by atoms with Crippen LogP contribution >= 0.6 is 0 Å². The number of anilines is 2. The van der Waals surface area contributed by atoms with Gasteiger partial charge >= 0.3 is 0 Å². The maximum absolute atomic E-state index is 12.7. The van der Waals surface area contributed by atoms with Gasteiger partial charge in [0.2, 0.25) is 5.91 Å². The molecule has 0 bridgehead atoms. The normalized spacial score (nSPS) is 14.6. The van der Waals surface area contributed by atoms with E-state index in [9.17, 15) is 18.0 Å². The average Bonchev–Trinajstić information content (AvgIpc) is 3.09. The van der Waals surface area contributed by atoms with E-state index in [0.29, 0.717) is 35.4 Å². The Morgan fingerprint density at radius 1 is 1.04 bits per heavy atom. The third-order valence-electron chi connectivity index (χ3n) is 4.82. The van der Waals surface area contributed by atoms with Gasteiger partial charge in [-0.3, -0.25) is 14.3 Å². The minimum Gasteiger partial charge on any atom is -0.322 e. The molecule has 1 aromatic heterocycles. The Morgan fingerprint density at radius 3 is 2.46 bits per heavy atom. The molecule has 8 heteroatoms. The van der Waals surface area contributed by atoms with Crippen LogP contribution in [-0.4, -0.2) is 25.9 Å². The van der Waals surface area contributed by atoms with Crippen LogP contribution in [0.4, 0.5) is 11.4 Å². The van der Waals surface area contributed by atoms with Crippen LogP contribution in [0, 0.1) is 6.92 Å². The van der Waals surface area contributed by atoms with Crippen LogP contribution in [0.2, 0.25) is 0 Å². The highest BCUT2D eigenvalue weighted by molar-refractivity contribution is 7.92. The summed E-state index contributed by atoms with van der Waals surface area (Å²) in [6, 6.07) is 13.0. The van der Waals surface area contributed by atoms with Gasteiger partial charge in [0.25, 0.3) is 15.6 Å². The molecule has 4 rings (SSSR count). The van der Waals surface area contributed by atoms with Gasteiger partial charge in [-0.2, -0.15) is 0 Å². The Labute approximate surface area is 162 Å². The lowest BCUT2D eigenvalue weighted by Gasteiger charge is -2.16. The lowest BCUT2D eigenvalue weighted by atomic mass is 10.1. The van der Waals surface area contributed by atoms with Gasteiger partial charge < -0.3 is 9.88 Å². The molecule has 1 aliphatic rings. The molecule has 0 unspecified atom stereocenters. The summed E-state index contributed by atoms with van der Waals surface area (Å²) in [5.74, 6) is 0.0501. The van der Waals surface area contributed by atoms with E-state index in [1.54, 1.807) is 48.2 Å². The van der Waals surface area contributed by atoms with Crippen molar-refractivity contribution in [2.24, 2.45) is 0 Å². The minimum absolute atomic E-state index is 0.0501. The Morgan fingerprint density at radius 2 is 1.79 bits per heavy atom. The topological polar surface area (TPSA) is 99.3 Å². The second-order valence-corrected chi connectivity index (χ2v) is 8.51. The van der Waals surface area contributed by atoms with Crippen LogP contribution in [0.25, 0.3) is 10.9 Å². The maximum Gasteiger partial charge on any atom is 0.261 e. The third-order valence-corrected chi connectivity index (χ3v) is 6.21. The zero-order chi connectivity index (χ0) is 19.9. The molecular formula is C20H19N3O4S. The molecule has 144 valence electrons. The van der Waals surface area contributed by atoms with Crippen molar-refractivity contribution < 1.29 is 13.2 Å². The SMILES string of the molecule is Cc1cc2ccc(NS(=O)(=O)c3ccc(N4CCCC4=O)cc3)cc2[nH]c1=O. The van der Waals surface area contributed by atoms with Crippen molar-refractivity contribution in [3.8, 4) is 0 Å². The number of rotatable bonds is 4. The van der Waals surface area contributed by atoms with Crippen LogP contribution in [0.15, 0.2) is 58.2 Å². The number of aromatic nitrogens is 1. The average molecular weight is 397 g/mol. The first-order valence-corrected chi connectivity index (χ1v) is 10.4. The second-order valence-electron chi connectivity index (χ2n) is 6.83. The quantitative estimate of drug-likeness (QED) is 0.707. The van der Waals surface area contributed by atoms with E-state index in [4.69, 9.17) is 0 Å². The Bertz CT molecular complexity index is 1230. The van der Waals surface area contributed by atoms with Crippen molar-refractivity contribution in [1.29, 1.82) is 0 Å². The predicted molar refractivity (Wildman–Crippen MR) is 108 cm³/mol. The predicted octanol–water partition coefficient (Wildman–Crippen LogP) is 2.76. The molecule has 28 heavy (non-hydrogen) atoms. The summed E-state index contributed by atoms with van der Waals surface area (Å²) in [7, 11) is -3.80. The summed E-state index contributed by atoms with van der Waals surface area (Å²) in [4.78, 5) is 28.1. The number of benzene rings is 2. The number of nitrogens with one attached hydrogen (secondary N) is 2. The zero-order valence-electron chi connectivity index (χ0n) is 15.2. The van der Waals surface area contributed by atoms with Crippen LogP contribution in [0.5, 0.6) is 0 Å². The summed E-state index contributed by atoms with van der Waals surface area (Å²) in [6.07, 6.45) is 1.33. The van der Waals surface area contributed by atoms with Gasteiger partial charge in [0.1, 0.15) is 0 Å². The van der Waals surface area contributed by atoms with Crippen LogP contribution in [-0.2, 0) is 14.8 Å². The number of amides is 1. The van der Waals surface area contributed by atoms with E-state index < -0.39 is 10.0 Å². The molecule has 0 saturated carbocycles. The molecule has 7 nitrogen and oxygen atoms in total. The van der Waals surface area contributed by atoms with E-state index in [0.717, 1.165) is 11.8 Å². The zero-order valence-corrected chi connectivity index (χ0v) is 16.0. The summed E-state index contributed by atoms with van der Waals surface area (Å²) in [6.45, 7) is 2.37. The molecule has 3 aromatic rings. The fourth-order valence-electron chi connectivity index (χ4n) is 3.31. The number of aryl methyl sites for hydroxylation is 1. The van der Waals surface area contributed by atoms with Crippen molar-refractivity contribution in [3.05, 3.63) is 64.4 Å². The first-order chi connectivity index (χ1) is 13.3. The molecule has 1 aliphatic heterocycles. The number of sulfonamides is 1. The molecule has 0 aliphatic carbocycles. The fourth-order valence-corrected chi connectivity index (χ4v) is 4.36. The Balaban J connectivity index is 1.60. The summed E-state index contributed by atoms with van der Waals surface area (Å²) in [5, 5.41) is 0.819. The maximum atomic E-state index is 12.7. The molecule has 1 saturated heterocycles. The third kappa shape index (κ3) is 3.38. The number of hydrogen-bond acceptors (Lipinski definition) is 4. The van der Waals surface area contributed by atoms with Crippen molar-refractivity contribution in [1.82, 2.24) is 4.98 Å². The van der Waals surface area contributed by atoms with Gasteiger partial charge in [-0.25, -0.2) is 8.42 Å². The lowest BCUT2D eigenvalue weighted by Crippen LogP contribution is -2.23. The largest absolute Gasteiger partial charge is 0.322 e. The van der Waals surface area contributed by atoms with E-state index in [1.165, 1.54) is 12.1 Å². The number of nitrogens with zero attached hydrogens (tertiary/aromatic N) is 1. The number of hydrogen-bond donors (Lipinski definition) is 2. The number of aromatic amines is 1. The number of carbonyl (C=O) groups excluding carboxylic acids is 1. The smallest absolute Gasteiger partial charge is 0.261 e. The van der Waals surface area contributed by atoms with Crippen molar-refractivity contribution in [3.63, 3.8) is 0 Å². The first-order valence-electron chi connectivity index (χ1n) is 8.90. The highest BCUT2D eigenvalue weighted by Crippen LogP contribution is 2.25. The molecule has 2 aromatic carbocycles. The second kappa shape index (κ2) is 6.79. The number of carbonyl (C=O) groups is 1. The highest BCUT2D eigenvalue weighted by Gasteiger charge is 2.22. The standard InChI is InChI=1S/C20H19N3O4S/c1-13-11-14-4-5-15(12-18(14)21-20(13)25)22-28(26,27)17-8-6-16(7-9-17)23-10-2-3-19(23)24/h4-9,11-12,22H,2-3,10H2,1H3,(H,21,25). The van der Waals surface area contributed by atoms with Gasteiger partial charge in [-0.1, -0.05) is 6.07 Å². The summed E-state index contributed by atoms with van der Waals surface area (Å²) in [5.41, 5.74) is 1.99. The number of fused-ring (bicyclic) bond motifs is 1. The number of H-pyrrole nitrogens is 1. The Hall–Kier alpha value is -3.13. The van der Waals surface area contributed by atoms with Gasteiger partial charge in [-0.05, 0) is 61.2 Å². The molecule has 0 radical (unpaired) electrons. The number of pyridine rings is 1. The van der Waals surface area contributed by atoms with Gasteiger partial charge in [0.15, 0.2) is 0 Å². The van der Waals surface area contributed by atoms with E-state index >= 15 is 0 Å². The van der Waals surface area contributed by atoms with Crippen LogP contribution < -0.4 is 15.2 Å². The van der Waals surface area contributed by atoms with Gasteiger partial charge in [0.05, 0.1) is 16.1 Å². The summed E-state index contributed by atoms with van der Waals surface area (Å²) >= 11 is 0. The molecule has 2 heterocycles. The minimum atomic E-state index is -3.80. The van der Waals surface area contributed by atoms with Gasteiger partial charge in [0, 0.05) is 24.2 Å². The van der Waals surface area contributed by atoms with Crippen LogP contribution in [0.1, 0.15) is 18.4 Å². The van der Waals surface area contributed by atoms with Gasteiger partial charge in [-0.15, -0.1) is 0 Å². The fraction of sp³-hybridized carbons (Fsp3) is 0.200. The molecular weight excluding hydrogens is 378 g/mol. The highest BCUT2D eigenvalue weighted by atomic mass is 32.2. The van der Waals surface area contributed by atoms with E-state index in [1.807, 2.05) is 0 Å². The summed E-state index contributed by atoms with van der Waals surface area (Å²) < 4.78 is 27.9. The van der Waals surface area contributed by atoms with Crippen molar-refractivity contribution in [2.75, 3.05) is 16.2 Å². The molecule has 0 atom stereocenters. The molecule has 1 fully saturated rings.